The van der Waals surface area contributed by atoms with E-state index in [0.717, 1.165) is 12.1 Å². The SMILES string of the molecule is CCC(C)NC(=O)c1cncc(NCc2ccc(C)cc2)c1. The van der Waals surface area contributed by atoms with Crippen molar-refractivity contribution in [3.63, 3.8) is 0 Å². The van der Waals surface area contributed by atoms with Crippen LogP contribution in [0.25, 0.3) is 0 Å². The van der Waals surface area contributed by atoms with Gasteiger partial charge in [0.15, 0.2) is 0 Å². The fraction of sp³-hybridized carbons (Fsp3) is 0.333. The Morgan fingerprint density at radius 2 is 1.95 bits per heavy atom. The van der Waals surface area contributed by atoms with E-state index in [9.17, 15) is 4.79 Å². The summed E-state index contributed by atoms with van der Waals surface area (Å²) < 4.78 is 0. The van der Waals surface area contributed by atoms with E-state index in [1.807, 2.05) is 19.9 Å². The van der Waals surface area contributed by atoms with Crippen molar-refractivity contribution in [2.75, 3.05) is 5.32 Å². The van der Waals surface area contributed by atoms with Crippen molar-refractivity contribution >= 4 is 11.6 Å². The molecule has 4 heteroatoms. The molecule has 1 unspecified atom stereocenters. The Labute approximate surface area is 132 Å². The Kier molecular flexibility index (Phi) is 5.53. The van der Waals surface area contributed by atoms with Gasteiger partial charge in [-0.3, -0.25) is 9.78 Å². The van der Waals surface area contributed by atoms with E-state index in [2.05, 4.69) is 46.8 Å². The molecule has 1 aromatic carbocycles. The second kappa shape index (κ2) is 7.59. The standard InChI is InChI=1S/C18H23N3O/c1-4-14(3)21-18(22)16-9-17(12-19-11-16)20-10-15-7-5-13(2)6-8-15/h5-9,11-12,14,20H,4,10H2,1-3H3,(H,21,22). The van der Waals surface area contributed by atoms with Crippen molar-refractivity contribution in [2.45, 2.75) is 39.8 Å². The van der Waals surface area contributed by atoms with Gasteiger partial charge in [0, 0.05) is 25.0 Å². The van der Waals surface area contributed by atoms with Gasteiger partial charge in [-0.25, -0.2) is 0 Å². The van der Waals surface area contributed by atoms with E-state index in [4.69, 9.17) is 0 Å². The molecule has 1 atom stereocenters. The molecular weight excluding hydrogens is 274 g/mol. The van der Waals surface area contributed by atoms with Gasteiger partial charge in [0.2, 0.25) is 0 Å². The molecule has 116 valence electrons. The topological polar surface area (TPSA) is 54.0 Å². The lowest BCUT2D eigenvalue weighted by atomic mass is 10.1. The van der Waals surface area contributed by atoms with Crippen LogP contribution < -0.4 is 10.6 Å². The fourth-order valence-electron chi connectivity index (χ4n) is 1.98. The summed E-state index contributed by atoms with van der Waals surface area (Å²) in [4.78, 5) is 16.2. The minimum absolute atomic E-state index is 0.0826. The van der Waals surface area contributed by atoms with Gasteiger partial charge in [-0.1, -0.05) is 36.8 Å². The lowest BCUT2D eigenvalue weighted by molar-refractivity contribution is 0.0939. The average Bonchev–Trinajstić information content (AvgIpc) is 2.54. The number of carbonyl (C=O) groups excluding carboxylic acids is 1. The van der Waals surface area contributed by atoms with Crippen molar-refractivity contribution in [2.24, 2.45) is 0 Å². The number of nitrogens with one attached hydrogen (secondary N) is 2. The maximum absolute atomic E-state index is 12.1. The van der Waals surface area contributed by atoms with Gasteiger partial charge in [-0.2, -0.15) is 0 Å². The maximum atomic E-state index is 12.1. The molecule has 0 spiro atoms. The van der Waals surface area contributed by atoms with Crippen LogP contribution in [0, 0.1) is 6.92 Å². The summed E-state index contributed by atoms with van der Waals surface area (Å²) in [6.45, 7) is 6.81. The first-order chi connectivity index (χ1) is 10.6. The zero-order valence-electron chi connectivity index (χ0n) is 13.4. The number of hydrogen-bond donors (Lipinski definition) is 2. The van der Waals surface area contributed by atoms with Crippen LogP contribution in [0.4, 0.5) is 5.69 Å². The number of hydrogen-bond acceptors (Lipinski definition) is 3. The lowest BCUT2D eigenvalue weighted by Crippen LogP contribution is -2.32. The Hall–Kier alpha value is -2.36. The fourth-order valence-corrected chi connectivity index (χ4v) is 1.98. The molecule has 0 bridgehead atoms. The number of aryl methyl sites for hydroxylation is 1. The highest BCUT2D eigenvalue weighted by Crippen LogP contribution is 2.11. The Morgan fingerprint density at radius 3 is 2.64 bits per heavy atom. The second-order valence-corrected chi connectivity index (χ2v) is 5.58. The van der Waals surface area contributed by atoms with Gasteiger partial charge in [-0.05, 0) is 31.9 Å². The second-order valence-electron chi connectivity index (χ2n) is 5.58. The van der Waals surface area contributed by atoms with Crippen LogP contribution >= 0.6 is 0 Å². The number of benzene rings is 1. The molecule has 22 heavy (non-hydrogen) atoms. The van der Waals surface area contributed by atoms with Crippen LogP contribution in [0.3, 0.4) is 0 Å². The third-order valence-corrected chi connectivity index (χ3v) is 3.61. The highest BCUT2D eigenvalue weighted by atomic mass is 16.1. The number of anilines is 1. The summed E-state index contributed by atoms with van der Waals surface area (Å²) in [7, 11) is 0. The maximum Gasteiger partial charge on any atom is 0.253 e. The molecule has 0 aliphatic heterocycles. The van der Waals surface area contributed by atoms with Gasteiger partial charge in [0.1, 0.15) is 0 Å². The van der Waals surface area contributed by atoms with Crippen LogP contribution in [-0.4, -0.2) is 16.9 Å². The van der Waals surface area contributed by atoms with Crippen molar-refractivity contribution in [1.82, 2.24) is 10.3 Å². The minimum Gasteiger partial charge on any atom is -0.380 e. The zero-order chi connectivity index (χ0) is 15.9. The summed E-state index contributed by atoms with van der Waals surface area (Å²) in [5.74, 6) is -0.0826. The van der Waals surface area contributed by atoms with Crippen LogP contribution in [-0.2, 0) is 6.54 Å². The summed E-state index contributed by atoms with van der Waals surface area (Å²) in [5.41, 5.74) is 3.86. The zero-order valence-corrected chi connectivity index (χ0v) is 13.4. The molecule has 2 aromatic rings. The largest absolute Gasteiger partial charge is 0.380 e. The number of aromatic nitrogens is 1. The number of amides is 1. The summed E-state index contributed by atoms with van der Waals surface area (Å²) in [6, 6.07) is 10.4. The van der Waals surface area contributed by atoms with E-state index in [1.165, 1.54) is 11.1 Å². The molecule has 2 rings (SSSR count). The number of nitrogens with zero attached hydrogens (tertiary/aromatic N) is 1. The first-order valence-corrected chi connectivity index (χ1v) is 7.64. The van der Waals surface area contributed by atoms with Crippen molar-refractivity contribution in [3.8, 4) is 0 Å². The van der Waals surface area contributed by atoms with E-state index in [-0.39, 0.29) is 11.9 Å². The molecule has 0 aliphatic rings. The van der Waals surface area contributed by atoms with Gasteiger partial charge in [0.05, 0.1) is 11.3 Å². The van der Waals surface area contributed by atoms with Crippen LogP contribution in [0.5, 0.6) is 0 Å². The third-order valence-electron chi connectivity index (χ3n) is 3.61. The van der Waals surface area contributed by atoms with Crippen molar-refractivity contribution in [1.29, 1.82) is 0 Å². The van der Waals surface area contributed by atoms with Gasteiger partial charge >= 0.3 is 0 Å². The first-order valence-electron chi connectivity index (χ1n) is 7.64. The smallest absolute Gasteiger partial charge is 0.253 e. The molecule has 1 amide bonds. The molecule has 2 N–H and O–H groups in total. The van der Waals surface area contributed by atoms with Gasteiger partial charge < -0.3 is 10.6 Å². The average molecular weight is 297 g/mol. The highest BCUT2D eigenvalue weighted by Gasteiger charge is 2.09. The molecule has 0 fully saturated rings. The number of pyridine rings is 1. The first kappa shape index (κ1) is 16.0. The monoisotopic (exact) mass is 297 g/mol. The van der Waals surface area contributed by atoms with Crippen LogP contribution in [0.2, 0.25) is 0 Å². The van der Waals surface area contributed by atoms with Gasteiger partial charge in [-0.15, -0.1) is 0 Å². The van der Waals surface area contributed by atoms with E-state index >= 15 is 0 Å². The Bertz CT molecular complexity index is 622. The summed E-state index contributed by atoms with van der Waals surface area (Å²) in [6.07, 6.45) is 4.23. The number of carbonyl (C=O) groups is 1. The molecule has 0 saturated heterocycles. The highest BCUT2D eigenvalue weighted by molar-refractivity contribution is 5.94. The van der Waals surface area contributed by atoms with E-state index in [1.54, 1.807) is 12.4 Å². The minimum atomic E-state index is -0.0826. The third kappa shape index (κ3) is 4.58. The molecule has 1 aromatic heterocycles. The van der Waals surface area contributed by atoms with Crippen molar-refractivity contribution < 1.29 is 4.79 Å². The quantitative estimate of drug-likeness (QED) is 0.857. The van der Waals surface area contributed by atoms with E-state index < -0.39 is 0 Å². The molecule has 0 aliphatic carbocycles. The Morgan fingerprint density at radius 1 is 1.23 bits per heavy atom. The van der Waals surface area contributed by atoms with Crippen molar-refractivity contribution in [3.05, 3.63) is 59.4 Å². The predicted molar refractivity (Wildman–Crippen MR) is 90.0 cm³/mol. The predicted octanol–water partition coefficient (Wildman–Crippen LogP) is 3.53. The van der Waals surface area contributed by atoms with Crippen LogP contribution in [0.1, 0.15) is 41.8 Å². The van der Waals surface area contributed by atoms with E-state index in [0.29, 0.717) is 12.1 Å². The summed E-state index contributed by atoms with van der Waals surface area (Å²) in [5, 5.41) is 6.25. The molecule has 1 heterocycles. The molecule has 0 saturated carbocycles. The molecule has 0 radical (unpaired) electrons. The normalized spacial score (nSPS) is 11.8. The Balaban J connectivity index is 1.99. The molecule has 4 nitrogen and oxygen atoms in total. The number of rotatable bonds is 6. The summed E-state index contributed by atoms with van der Waals surface area (Å²) >= 11 is 0. The van der Waals surface area contributed by atoms with Crippen LogP contribution in [0.15, 0.2) is 42.7 Å². The van der Waals surface area contributed by atoms with Gasteiger partial charge in [0.25, 0.3) is 5.91 Å². The lowest BCUT2D eigenvalue weighted by Gasteiger charge is -2.12. The molecular formula is C18H23N3O.